The number of carbonyl (C=O) groups is 2. The van der Waals surface area contributed by atoms with Gasteiger partial charge < -0.3 is 9.84 Å². The predicted molar refractivity (Wildman–Crippen MR) is 112 cm³/mol. The fourth-order valence-corrected chi connectivity index (χ4v) is 7.28. The molecule has 0 aromatic rings. The van der Waals surface area contributed by atoms with Gasteiger partial charge in [0.1, 0.15) is 12.1 Å². The van der Waals surface area contributed by atoms with Gasteiger partial charge in [0, 0.05) is 12.3 Å². The quantitative estimate of drug-likeness (QED) is 0.551. The summed E-state index contributed by atoms with van der Waals surface area (Å²) in [7, 11) is 0. The van der Waals surface area contributed by atoms with Gasteiger partial charge in [0.25, 0.3) is 0 Å². The Kier molecular flexibility index (Phi) is 4.98. The second-order valence-corrected chi connectivity index (χ2v) is 11.0. The number of allylic oxidation sites excluding steroid dienone is 3. The van der Waals surface area contributed by atoms with Crippen LogP contribution in [0.1, 0.15) is 73.1 Å². The Labute approximate surface area is 174 Å². The molecular weight excluding hydrogens is 364 g/mol. The smallest absolute Gasteiger partial charge is 0.146 e. The maximum atomic E-state index is 12.7. The standard InChI is InChI=1S/C25H36O4/c1-15(2)10-18-11-16(3)25(29-18)9-8-23(4)12-19-22(20(27)13-24(19,5)28)17(14-26)6-7-21(23)25/h6,10,14,16,18-19,21-22,28H,7-9,11-13H2,1-5H3/b17-6-. The summed E-state index contributed by atoms with van der Waals surface area (Å²) >= 11 is 0. The first-order valence-electron chi connectivity index (χ1n) is 11.3. The van der Waals surface area contributed by atoms with Crippen LogP contribution in [-0.2, 0) is 14.3 Å². The number of aliphatic hydroxyl groups is 1. The average Bonchev–Trinajstić information content (AvgIpc) is 3.12. The first kappa shape index (κ1) is 21.0. The lowest BCUT2D eigenvalue weighted by Gasteiger charge is -2.45. The Morgan fingerprint density at radius 2 is 2.00 bits per heavy atom. The third-order valence-corrected chi connectivity index (χ3v) is 8.68. The normalized spacial score (nSPS) is 51.0. The van der Waals surface area contributed by atoms with E-state index in [1.165, 1.54) is 5.57 Å². The van der Waals surface area contributed by atoms with Crippen molar-refractivity contribution in [3.63, 3.8) is 0 Å². The summed E-state index contributed by atoms with van der Waals surface area (Å²) in [6.45, 7) is 10.7. The number of carbonyl (C=O) groups excluding carboxylic acids is 2. The minimum atomic E-state index is -1.04. The highest BCUT2D eigenvalue weighted by atomic mass is 16.5. The van der Waals surface area contributed by atoms with Crippen LogP contribution in [0.15, 0.2) is 23.3 Å². The highest BCUT2D eigenvalue weighted by Gasteiger charge is 2.63. The van der Waals surface area contributed by atoms with Crippen LogP contribution in [-0.4, -0.2) is 34.5 Å². The third kappa shape index (κ3) is 3.18. The summed E-state index contributed by atoms with van der Waals surface area (Å²) < 4.78 is 6.79. The number of aldehydes is 1. The summed E-state index contributed by atoms with van der Waals surface area (Å²) in [4.78, 5) is 24.6. The van der Waals surface area contributed by atoms with Crippen LogP contribution in [0.4, 0.5) is 0 Å². The first-order valence-corrected chi connectivity index (χ1v) is 11.3. The van der Waals surface area contributed by atoms with Gasteiger partial charge in [-0.1, -0.05) is 31.6 Å². The van der Waals surface area contributed by atoms with E-state index >= 15 is 0 Å². The van der Waals surface area contributed by atoms with Gasteiger partial charge in [0.15, 0.2) is 0 Å². The summed E-state index contributed by atoms with van der Waals surface area (Å²) in [5.41, 5.74) is 0.628. The van der Waals surface area contributed by atoms with Crippen molar-refractivity contribution in [2.45, 2.75) is 90.4 Å². The summed E-state index contributed by atoms with van der Waals surface area (Å²) in [6.07, 6.45) is 10.0. The fourth-order valence-electron chi connectivity index (χ4n) is 7.28. The molecule has 0 aromatic carbocycles. The third-order valence-electron chi connectivity index (χ3n) is 8.68. The molecule has 0 radical (unpaired) electrons. The van der Waals surface area contributed by atoms with Gasteiger partial charge in [-0.15, -0.1) is 0 Å². The Morgan fingerprint density at radius 1 is 1.28 bits per heavy atom. The molecule has 1 spiro atoms. The predicted octanol–water partition coefficient (Wildman–Crippen LogP) is 4.41. The van der Waals surface area contributed by atoms with Crippen molar-refractivity contribution in [1.29, 1.82) is 0 Å². The van der Waals surface area contributed by atoms with Crippen LogP contribution in [0.3, 0.4) is 0 Å². The van der Waals surface area contributed by atoms with Crippen LogP contribution in [0.25, 0.3) is 0 Å². The van der Waals surface area contributed by atoms with Gasteiger partial charge in [-0.2, -0.15) is 0 Å². The number of ketones is 1. The van der Waals surface area contributed by atoms with E-state index in [2.05, 4.69) is 33.8 Å². The molecule has 1 heterocycles. The van der Waals surface area contributed by atoms with E-state index in [9.17, 15) is 14.7 Å². The zero-order valence-electron chi connectivity index (χ0n) is 18.5. The van der Waals surface area contributed by atoms with Crippen LogP contribution in [0.5, 0.6) is 0 Å². The summed E-state index contributed by atoms with van der Waals surface area (Å²) in [6, 6.07) is 0. The van der Waals surface area contributed by atoms with Crippen molar-refractivity contribution in [2.24, 2.45) is 29.1 Å². The van der Waals surface area contributed by atoms with Crippen molar-refractivity contribution in [2.75, 3.05) is 0 Å². The van der Waals surface area contributed by atoms with Gasteiger partial charge >= 0.3 is 0 Å². The van der Waals surface area contributed by atoms with E-state index in [0.717, 1.165) is 38.4 Å². The lowest BCUT2D eigenvalue weighted by atomic mass is 9.62. The van der Waals surface area contributed by atoms with E-state index in [1.807, 2.05) is 6.08 Å². The van der Waals surface area contributed by atoms with Crippen molar-refractivity contribution < 1.29 is 19.4 Å². The Balaban J connectivity index is 1.74. The van der Waals surface area contributed by atoms with Crippen LogP contribution >= 0.6 is 0 Å². The fraction of sp³-hybridized carbons (Fsp3) is 0.760. The molecule has 4 nitrogen and oxygen atoms in total. The van der Waals surface area contributed by atoms with E-state index < -0.39 is 11.5 Å². The molecular formula is C25H36O4. The van der Waals surface area contributed by atoms with Gasteiger partial charge in [0.05, 0.1) is 23.2 Å². The van der Waals surface area contributed by atoms with E-state index in [1.54, 1.807) is 6.92 Å². The molecule has 2 saturated carbocycles. The SMILES string of the molecule is CC(C)=CC1CC(C)C2(CCC3(C)CC4C(C(=O)CC4(C)O)/C(C=O)=C\CC32)O1. The largest absolute Gasteiger partial charge is 0.389 e. The van der Waals surface area contributed by atoms with E-state index in [4.69, 9.17) is 4.74 Å². The molecule has 4 rings (SSSR count). The van der Waals surface area contributed by atoms with Crippen molar-refractivity contribution in [3.8, 4) is 0 Å². The molecule has 4 aliphatic rings. The second-order valence-electron chi connectivity index (χ2n) is 11.0. The van der Waals surface area contributed by atoms with Gasteiger partial charge in [-0.25, -0.2) is 0 Å². The molecule has 0 aromatic heterocycles. The number of Topliss-reactive ketones (excluding diaryl/α,β-unsaturated/α-hetero) is 1. The Hall–Kier alpha value is -1.26. The monoisotopic (exact) mass is 400 g/mol. The van der Waals surface area contributed by atoms with Crippen LogP contribution in [0, 0.1) is 29.1 Å². The van der Waals surface area contributed by atoms with Gasteiger partial charge in [-0.05, 0) is 75.7 Å². The summed E-state index contributed by atoms with van der Waals surface area (Å²) in [5, 5.41) is 11.1. The molecule has 1 aliphatic heterocycles. The Bertz CT molecular complexity index is 774. The number of fused-ring (bicyclic) bond motifs is 3. The molecule has 3 aliphatic carbocycles. The minimum Gasteiger partial charge on any atom is -0.389 e. The lowest BCUT2D eigenvalue weighted by Crippen LogP contribution is -2.46. The maximum Gasteiger partial charge on any atom is 0.146 e. The van der Waals surface area contributed by atoms with Crippen molar-refractivity contribution in [1.82, 2.24) is 0 Å². The highest BCUT2D eigenvalue weighted by Crippen LogP contribution is 2.64. The average molecular weight is 401 g/mol. The zero-order chi connectivity index (χ0) is 21.2. The Morgan fingerprint density at radius 3 is 2.66 bits per heavy atom. The topological polar surface area (TPSA) is 63.6 Å². The number of hydrogen-bond acceptors (Lipinski definition) is 4. The molecule has 160 valence electrons. The molecule has 3 fully saturated rings. The lowest BCUT2D eigenvalue weighted by molar-refractivity contribution is -0.122. The molecule has 8 unspecified atom stereocenters. The van der Waals surface area contributed by atoms with Gasteiger partial charge in [0.2, 0.25) is 0 Å². The maximum absolute atomic E-state index is 12.7. The second kappa shape index (κ2) is 6.88. The molecule has 1 N–H and O–H groups in total. The minimum absolute atomic E-state index is 0.00341. The molecule has 0 bridgehead atoms. The first-order chi connectivity index (χ1) is 13.5. The molecule has 8 atom stereocenters. The van der Waals surface area contributed by atoms with E-state index in [-0.39, 0.29) is 35.2 Å². The number of rotatable bonds is 2. The molecule has 4 heteroatoms. The zero-order valence-corrected chi connectivity index (χ0v) is 18.5. The van der Waals surface area contributed by atoms with Crippen molar-refractivity contribution in [3.05, 3.63) is 23.3 Å². The van der Waals surface area contributed by atoms with Gasteiger partial charge in [-0.3, -0.25) is 9.59 Å². The number of ether oxygens (including phenoxy) is 1. The van der Waals surface area contributed by atoms with Crippen LogP contribution < -0.4 is 0 Å². The van der Waals surface area contributed by atoms with E-state index in [0.29, 0.717) is 17.4 Å². The molecule has 0 amide bonds. The van der Waals surface area contributed by atoms with Crippen molar-refractivity contribution >= 4 is 12.1 Å². The summed E-state index contributed by atoms with van der Waals surface area (Å²) in [5.74, 6) is 0.117. The molecule has 1 saturated heterocycles. The highest BCUT2D eigenvalue weighted by molar-refractivity contribution is 5.94. The van der Waals surface area contributed by atoms with Crippen LogP contribution in [0.2, 0.25) is 0 Å². The molecule has 29 heavy (non-hydrogen) atoms. The number of hydrogen-bond donors (Lipinski definition) is 1.